The number of benzene rings is 1. The molecular formula is C14H16N2O. The number of carbonyl (C=O) groups excluding carboxylic acids is 1. The van der Waals surface area contributed by atoms with Crippen LogP contribution in [0.25, 0.3) is 10.9 Å². The van der Waals surface area contributed by atoms with Crippen LogP contribution in [0.1, 0.15) is 24.6 Å². The number of para-hydroxylation sites is 1. The van der Waals surface area contributed by atoms with Crippen molar-refractivity contribution in [3.63, 3.8) is 0 Å². The molecule has 1 aromatic carbocycles. The number of fused-ring (bicyclic) bond motifs is 3. The second-order valence-electron chi connectivity index (χ2n) is 4.67. The summed E-state index contributed by atoms with van der Waals surface area (Å²) in [6.07, 6.45) is 2.08. The van der Waals surface area contributed by atoms with Gasteiger partial charge < -0.3 is 9.88 Å². The van der Waals surface area contributed by atoms with Crippen molar-refractivity contribution >= 4 is 16.8 Å². The molecule has 0 atom stereocenters. The molecule has 0 spiro atoms. The van der Waals surface area contributed by atoms with Crippen LogP contribution in [0.5, 0.6) is 0 Å². The molecule has 1 aromatic heterocycles. The Bertz CT molecular complexity index is 571. The van der Waals surface area contributed by atoms with Crippen LogP contribution in [0.3, 0.4) is 0 Å². The number of amides is 1. The first-order valence-corrected chi connectivity index (χ1v) is 6.09. The lowest BCUT2D eigenvalue weighted by molar-refractivity contribution is -0.129. The summed E-state index contributed by atoms with van der Waals surface area (Å²) in [5.41, 5.74) is 3.78. The lowest BCUT2D eigenvalue weighted by atomic mass is 10.1. The van der Waals surface area contributed by atoms with Gasteiger partial charge in [0.05, 0.1) is 0 Å². The summed E-state index contributed by atoms with van der Waals surface area (Å²) in [4.78, 5) is 16.9. The number of nitrogens with one attached hydrogen (secondary N) is 1. The number of rotatable bonds is 0. The number of aromatic nitrogens is 1. The van der Waals surface area contributed by atoms with Crippen LogP contribution in [0.2, 0.25) is 0 Å². The third kappa shape index (κ3) is 1.71. The zero-order valence-corrected chi connectivity index (χ0v) is 9.99. The number of aryl methyl sites for hydroxylation is 1. The van der Waals surface area contributed by atoms with Crippen molar-refractivity contribution in [2.45, 2.75) is 26.3 Å². The molecule has 3 rings (SSSR count). The van der Waals surface area contributed by atoms with Crippen molar-refractivity contribution < 1.29 is 4.79 Å². The maximum Gasteiger partial charge on any atom is 0.219 e. The minimum atomic E-state index is 0.170. The standard InChI is InChI=1S/C14H16N2O/c1-10(17)16-8-4-7-14-12(9-16)11-5-2-3-6-13(11)15-14/h2-3,5-6,15H,4,7-9H2,1H3. The van der Waals surface area contributed by atoms with Crippen molar-refractivity contribution in [1.82, 2.24) is 9.88 Å². The van der Waals surface area contributed by atoms with E-state index in [2.05, 4.69) is 23.2 Å². The summed E-state index contributed by atoms with van der Waals surface area (Å²) in [5.74, 6) is 0.170. The molecule has 0 saturated heterocycles. The Morgan fingerprint density at radius 1 is 1.35 bits per heavy atom. The highest BCUT2D eigenvalue weighted by molar-refractivity contribution is 5.85. The summed E-state index contributed by atoms with van der Waals surface area (Å²) < 4.78 is 0. The molecule has 0 radical (unpaired) electrons. The van der Waals surface area contributed by atoms with Crippen molar-refractivity contribution in [1.29, 1.82) is 0 Å². The van der Waals surface area contributed by atoms with Gasteiger partial charge in [0.2, 0.25) is 5.91 Å². The van der Waals surface area contributed by atoms with E-state index in [1.54, 1.807) is 6.92 Å². The molecule has 1 N–H and O–H groups in total. The highest BCUT2D eigenvalue weighted by Crippen LogP contribution is 2.27. The largest absolute Gasteiger partial charge is 0.358 e. The molecule has 3 heteroatoms. The Balaban J connectivity index is 2.11. The first-order valence-electron chi connectivity index (χ1n) is 6.09. The molecule has 1 aliphatic rings. The average Bonchev–Trinajstić information content (AvgIpc) is 2.53. The molecule has 2 aromatic rings. The smallest absolute Gasteiger partial charge is 0.219 e. The van der Waals surface area contributed by atoms with Crippen LogP contribution < -0.4 is 0 Å². The van der Waals surface area contributed by atoms with Crippen molar-refractivity contribution in [2.24, 2.45) is 0 Å². The van der Waals surface area contributed by atoms with Gasteiger partial charge in [-0.25, -0.2) is 0 Å². The third-order valence-electron chi connectivity index (χ3n) is 3.55. The van der Waals surface area contributed by atoms with Gasteiger partial charge in [-0.1, -0.05) is 18.2 Å². The van der Waals surface area contributed by atoms with Gasteiger partial charge in [-0.15, -0.1) is 0 Å². The Morgan fingerprint density at radius 2 is 2.18 bits per heavy atom. The lowest BCUT2D eigenvalue weighted by Crippen LogP contribution is -2.28. The van der Waals surface area contributed by atoms with E-state index in [0.29, 0.717) is 0 Å². The van der Waals surface area contributed by atoms with Crippen molar-refractivity contribution in [2.75, 3.05) is 6.54 Å². The van der Waals surface area contributed by atoms with Crippen LogP contribution >= 0.6 is 0 Å². The predicted molar refractivity (Wildman–Crippen MR) is 67.7 cm³/mol. The fourth-order valence-electron chi connectivity index (χ4n) is 2.64. The van der Waals surface area contributed by atoms with Crippen LogP contribution in [-0.2, 0) is 17.8 Å². The molecule has 0 unspecified atom stereocenters. The Morgan fingerprint density at radius 3 is 3.00 bits per heavy atom. The van der Waals surface area contributed by atoms with Crippen LogP contribution in [0.4, 0.5) is 0 Å². The van der Waals surface area contributed by atoms with E-state index in [-0.39, 0.29) is 5.91 Å². The van der Waals surface area contributed by atoms with E-state index >= 15 is 0 Å². The second-order valence-corrected chi connectivity index (χ2v) is 4.67. The van der Waals surface area contributed by atoms with Crippen LogP contribution in [0.15, 0.2) is 24.3 Å². The number of H-pyrrole nitrogens is 1. The van der Waals surface area contributed by atoms with Gasteiger partial charge in [0.1, 0.15) is 0 Å². The Kier molecular flexibility index (Phi) is 2.39. The normalized spacial score (nSPS) is 15.7. The fourth-order valence-corrected chi connectivity index (χ4v) is 2.64. The SMILES string of the molecule is CC(=O)N1CCCc2[nH]c3ccccc3c2C1. The summed E-state index contributed by atoms with van der Waals surface area (Å²) in [7, 11) is 0. The third-order valence-corrected chi connectivity index (χ3v) is 3.55. The van der Waals surface area contributed by atoms with E-state index in [0.717, 1.165) is 25.9 Å². The number of nitrogens with zero attached hydrogens (tertiary/aromatic N) is 1. The summed E-state index contributed by atoms with van der Waals surface area (Å²) in [5, 5.41) is 1.26. The van der Waals surface area contributed by atoms with Gasteiger partial charge >= 0.3 is 0 Å². The van der Waals surface area contributed by atoms with Crippen LogP contribution in [-0.4, -0.2) is 22.3 Å². The molecule has 0 saturated carbocycles. The van der Waals surface area contributed by atoms with E-state index in [1.165, 1.54) is 22.2 Å². The molecule has 2 heterocycles. The van der Waals surface area contributed by atoms with Crippen molar-refractivity contribution in [3.8, 4) is 0 Å². The fraction of sp³-hybridized carbons (Fsp3) is 0.357. The topological polar surface area (TPSA) is 36.1 Å². The summed E-state index contributed by atoms with van der Waals surface area (Å²) in [6, 6.07) is 8.33. The number of hydrogen-bond donors (Lipinski definition) is 1. The predicted octanol–water partition coefficient (Wildman–Crippen LogP) is 2.46. The van der Waals surface area contributed by atoms with Gasteiger partial charge in [-0.05, 0) is 18.9 Å². The van der Waals surface area contributed by atoms with E-state index < -0.39 is 0 Å². The highest BCUT2D eigenvalue weighted by atomic mass is 16.2. The highest BCUT2D eigenvalue weighted by Gasteiger charge is 2.19. The molecule has 0 fully saturated rings. The average molecular weight is 228 g/mol. The first kappa shape index (κ1) is 10.4. The zero-order valence-electron chi connectivity index (χ0n) is 9.99. The molecule has 3 nitrogen and oxygen atoms in total. The lowest BCUT2D eigenvalue weighted by Gasteiger charge is -2.18. The summed E-state index contributed by atoms with van der Waals surface area (Å²) in [6.45, 7) is 3.26. The van der Waals surface area contributed by atoms with E-state index in [1.807, 2.05) is 11.0 Å². The van der Waals surface area contributed by atoms with E-state index in [4.69, 9.17) is 0 Å². The van der Waals surface area contributed by atoms with Gasteiger partial charge in [0.25, 0.3) is 0 Å². The second kappa shape index (κ2) is 3.91. The van der Waals surface area contributed by atoms with E-state index in [9.17, 15) is 4.79 Å². The molecule has 88 valence electrons. The monoisotopic (exact) mass is 228 g/mol. The molecular weight excluding hydrogens is 212 g/mol. The molecule has 0 aliphatic carbocycles. The minimum absolute atomic E-state index is 0.170. The molecule has 1 aliphatic heterocycles. The molecule has 1 amide bonds. The number of carbonyl (C=O) groups is 1. The minimum Gasteiger partial charge on any atom is -0.358 e. The quantitative estimate of drug-likeness (QED) is 0.738. The van der Waals surface area contributed by atoms with Gasteiger partial charge in [0, 0.05) is 42.2 Å². The van der Waals surface area contributed by atoms with Crippen LogP contribution in [0, 0.1) is 0 Å². The molecule has 0 bridgehead atoms. The van der Waals surface area contributed by atoms with Gasteiger partial charge in [-0.2, -0.15) is 0 Å². The summed E-state index contributed by atoms with van der Waals surface area (Å²) >= 11 is 0. The first-order chi connectivity index (χ1) is 8.25. The Labute approximate surface area is 100 Å². The maximum absolute atomic E-state index is 11.5. The maximum atomic E-state index is 11.5. The molecule has 17 heavy (non-hydrogen) atoms. The number of aromatic amines is 1. The number of hydrogen-bond acceptors (Lipinski definition) is 1. The van der Waals surface area contributed by atoms with Crippen molar-refractivity contribution in [3.05, 3.63) is 35.5 Å². The Hall–Kier alpha value is -1.77. The van der Waals surface area contributed by atoms with Gasteiger partial charge in [0.15, 0.2) is 0 Å². The zero-order chi connectivity index (χ0) is 11.8. The van der Waals surface area contributed by atoms with Gasteiger partial charge in [-0.3, -0.25) is 4.79 Å².